The minimum absolute atomic E-state index is 0.0522. The third-order valence-electron chi connectivity index (χ3n) is 9.98. The van der Waals surface area contributed by atoms with E-state index in [4.69, 9.17) is 16.6 Å². The summed E-state index contributed by atoms with van der Waals surface area (Å²) in [6, 6.07) is 20.1. The van der Waals surface area contributed by atoms with Gasteiger partial charge in [-0.05, 0) is 100 Å². The summed E-state index contributed by atoms with van der Waals surface area (Å²) in [4.78, 5) is 23.3. The van der Waals surface area contributed by atoms with Crippen LogP contribution in [-0.4, -0.2) is 56.7 Å². The van der Waals surface area contributed by atoms with Crippen LogP contribution >= 0.6 is 11.6 Å². The molecule has 3 aromatic carbocycles. The second-order valence-corrected chi connectivity index (χ2v) is 13.1. The number of amides is 1. The molecule has 4 atom stereocenters. The SMILES string of the molecule is Cc1nc(C2CCN(C(=O)[C@@H]3CC(N(C)[C@@H](C)c4ccccc4)C[C@H]3c3ccc(F)cc3F)CC2)n(-c2ccc(Cl)c(C)c2)n1. The van der Waals surface area contributed by atoms with E-state index in [2.05, 4.69) is 36.1 Å². The zero-order valence-electron chi connectivity index (χ0n) is 26.3. The number of aryl methyl sites for hydroxylation is 2. The fourth-order valence-electron chi connectivity index (χ4n) is 7.28. The highest BCUT2D eigenvalue weighted by molar-refractivity contribution is 6.31. The summed E-state index contributed by atoms with van der Waals surface area (Å²) >= 11 is 6.27. The molecule has 9 heteroatoms. The Hall–Kier alpha value is -3.62. The van der Waals surface area contributed by atoms with Gasteiger partial charge in [-0.3, -0.25) is 9.69 Å². The lowest BCUT2D eigenvalue weighted by Gasteiger charge is -2.35. The van der Waals surface area contributed by atoms with Crippen molar-refractivity contribution in [1.29, 1.82) is 0 Å². The summed E-state index contributed by atoms with van der Waals surface area (Å²) in [6.45, 7) is 7.20. The Morgan fingerprint density at radius 1 is 1.00 bits per heavy atom. The maximum atomic E-state index is 15.2. The Balaban J connectivity index is 1.20. The number of carbonyl (C=O) groups excluding carboxylic acids is 1. The zero-order chi connectivity index (χ0) is 31.8. The summed E-state index contributed by atoms with van der Waals surface area (Å²) in [5.74, 6) is -0.117. The first kappa shape index (κ1) is 31.4. The lowest BCUT2D eigenvalue weighted by molar-refractivity contribution is -0.137. The van der Waals surface area contributed by atoms with Gasteiger partial charge in [0.25, 0.3) is 0 Å². The maximum Gasteiger partial charge on any atom is 0.226 e. The molecule has 6 nitrogen and oxygen atoms in total. The fourth-order valence-corrected chi connectivity index (χ4v) is 7.40. The molecule has 0 N–H and O–H groups in total. The average Bonchev–Trinajstić information content (AvgIpc) is 3.66. The second kappa shape index (κ2) is 13.0. The predicted octanol–water partition coefficient (Wildman–Crippen LogP) is 7.78. The van der Waals surface area contributed by atoms with Crippen LogP contribution in [-0.2, 0) is 4.79 Å². The molecule has 1 amide bonds. The third-order valence-corrected chi connectivity index (χ3v) is 10.4. The minimum atomic E-state index is -0.609. The van der Waals surface area contributed by atoms with Gasteiger partial charge < -0.3 is 4.90 Å². The number of nitrogens with zero attached hydrogens (tertiary/aromatic N) is 5. The summed E-state index contributed by atoms with van der Waals surface area (Å²) < 4.78 is 31.0. The highest BCUT2D eigenvalue weighted by Crippen LogP contribution is 2.45. The van der Waals surface area contributed by atoms with E-state index < -0.39 is 11.6 Å². The van der Waals surface area contributed by atoms with Crippen molar-refractivity contribution in [3.63, 3.8) is 0 Å². The molecule has 1 aliphatic carbocycles. The van der Waals surface area contributed by atoms with Crippen LogP contribution < -0.4 is 0 Å². The molecule has 2 aliphatic rings. The molecular weight excluding hydrogens is 592 g/mol. The molecule has 1 saturated heterocycles. The standard InChI is InChI=1S/C36H40ClF2N5O/c1-22-18-28(11-13-33(22)37)44-35(40-24(3)41-44)26-14-16-43(17-15-26)36(45)32-21-29(42(4)23(2)25-8-6-5-7-9-25)20-31(32)30-12-10-27(38)19-34(30)39/h5-13,18-19,23,26,29,31-32H,14-17,20-21H2,1-4H3/t23-,29?,31-,32+/m0/s1. The van der Waals surface area contributed by atoms with Gasteiger partial charge in [0.1, 0.15) is 23.3 Å². The van der Waals surface area contributed by atoms with Gasteiger partial charge >= 0.3 is 0 Å². The summed E-state index contributed by atoms with van der Waals surface area (Å²) in [6.07, 6.45) is 2.77. The number of piperidine rings is 1. The monoisotopic (exact) mass is 631 g/mol. The number of hydrogen-bond acceptors (Lipinski definition) is 4. The van der Waals surface area contributed by atoms with Crippen molar-refractivity contribution in [3.05, 3.63) is 112 Å². The molecule has 4 aromatic rings. The zero-order valence-corrected chi connectivity index (χ0v) is 27.0. The Kier molecular flexibility index (Phi) is 9.07. The highest BCUT2D eigenvalue weighted by Gasteiger charge is 2.45. The lowest BCUT2D eigenvalue weighted by atomic mass is 9.86. The van der Waals surface area contributed by atoms with E-state index in [9.17, 15) is 9.18 Å². The topological polar surface area (TPSA) is 54.3 Å². The number of halogens is 3. The molecule has 0 radical (unpaired) electrons. The van der Waals surface area contributed by atoms with Crippen molar-refractivity contribution in [2.45, 2.75) is 70.4 Å². The highest BCUT2D eigenvalue weighted by atomic mass is 35.5. The lowest BCUT2D eigenvalue weighted by Crippen LogP contribution is -2.42. The maximum absolute atomic E-state index is 15.2. The van der Waals surface area contributed by atoms with Crippen molar-refractivity contribution >= 4 is 17.5 Å². The fraction of sp³-hybridized carbons (Fsp3) is 0.417. The molecule has 236 valence electrons. The van der Waals surface area contributed by atoms with Crippen LogP contribution in [0.15, 0.2) is 66.7 Å². The molecule has 6 rings (SSSR count). The average molecular weight is 632 g/mol. The number of likely N-dealkylation sites (tertiary alicyclic amines) is 1. The van der Waals surface area contributed by atoms with Gasteiger partial charge in [-0.25, -0.2) is 18.4 Å². The van der Waals surface area contributed by atoms with Crippen LogP contribution in [0.1, 0.15) is 78.8 Å². The molecular formula is C36H40ClF2N5O. The van der Waals surface area contributed by atoms with Gasteiger partial charge in [0, 0.05) is 48.1 Å². The second-order valence-electron chi connectivity index (χ2n) is 12.7. The Morgan fingerprint density at radius 3 is 2.42 bits per heavy atom. The number of carbonyl (C=O) groups is 1. The van der Waals surface area contributed by atoms with E-state index in [1.807, 2.05) is 59.8 Å². The van der Waals surface area contributed by atoms with Crippen LogP contribution in [0.3, 0.4) is 0 Å². The van der Waals surface area contributed by atoms with Crippen LogP contribution in [0.2, 0.25) is 5.02 Å². The van der Waals surface area contributed by atoms with E-state index in [1.54, 1.807) is 0 Å². The molecule has 1 aromatic heterocycles. The van der Waals surface area contributed by atoms with Crippen LogP contribution in [0.4, 0.5) is 8.78 Å². The molecule has 1 saturated carbocycles. The molecule has 2 heterocycles. The Bertz CT molecular complexity index is 1670. The van der Waals surface area contributed by atoms with Crippen LogP contribution in [0, 0.1) is 31.4 Å². The molecule has 2 fully saturated rings. The van der Waals surface area contributed by atoms with Crippen LogP contribution in [0.5, 0.6) is 0 Å². The van der Waals surface area contributed by atoms with E-state index >= 15 is 4.39 Å². The molecule has 45 heavy (non-hydrogen) atoms. The van der Waals surface area contributed by atoms with E-state index in [0.717, 1.165) is 36.0 Å². The van der Waals surface area contributed by atoms with Gasteiger partial charge in [0.15, 0.2) is 0 Å². The van der Waals surface area contributed by atoms with E-state index in [-0.39, 0.29) is 35.7 Å². The Labute approximate surface area is 269 Å². The molecule has 0 bridgehead atoms. The first-order valence-corrected chi connectivity index (χ1v) is 16.2. The van der Waals surface area contributed by atoms with Crippen molar-refractivity contribution in [2.24, 2.45) is 5.92 Å². The van der Waals surface area contributed by atoms with Gasteiger partial charge in [-0.15, -0.1) is 0 Å². The third kappa shape index (κ3) is 6.40. The van der Waals surface area contributed by atoms with Crippen LogP contribution in [0.25, 0.3) is 5.69 Å². The first-order valence-electron chi connectivity index (χ1n) is 15.8. The summed E-state index contributed by atoms with van der Waals surface area (Å²) in [7, 11) is 2.08. The van der Waals surface area contributed by atoms with Crippen molar-refractivity contribution in [2.75, 3.05) is 20.1 Å². The molecule has 0 spiro atoms. The number of aromatic nitrogens is 3. The molecule has 1 aliphatic heterocycles. The van der Waals surface area contributed by atoms with E-state index in [0.29, 0.717) is 42.3 Å². The first-order chi connectivity index (χ1) is 21.6. The van der Waals surface area contributed by atoms with E-state index in [1.165, 1.54) is 17.7 Å². The smallest absolute Gasteiger partial charge is 0.226 e. The Morgan fingerprint density at radius 2 is 1.73 bits per heavy atom. The quantitative estimate of drug-likeness (QED) is 0.209. The number of hydrogen-bond donors (Lipinski definition) is 0. The van der Waals surface area contributed by atoms with Gasteiger partial charge in [-0.1, -0.05) is 48.0 Å². The van der Waals surface area contributed by atoms with Crippen molar-refractivity contribution < 1.29 is 13.6 Å². The normalized spacial score (nSPS) is 21.4. The van der Waals surface area contributed by atoms with Gasteiger partial charge in [-0.2, -0.15) is 5.10 Å². The number of rotatable bonds is 7. The summed E-state index contributed by atoms with van der Waals surface area (Å²) in [5, 5.41) is 5.38. The number of benzene rings is 3. The van der Waals surface area contributed by atoms with Crippen molar-refractivity contribution in [3.8, 4) is 5.69 Å². The summed E-state index contributed by atoms with van der Waals surface area (Å²) in [5.41, 5.74) is 3.51. The predicted molar refractivity (Wildman–Crippen MR) is 173 cm³/mol. The minimum Gasteiger partial charge on any atom is -0.342 e. The largest absolute Gasteiger partial charge is 0.342 e. The van der Waals surface area contributed by atoms with Gasteiger partial charge in [0.2, 0.25) is 5.91 Å². The van der Waals surface area contributed by atoms with Crippen molar-refractivity contribution in [1.82, 2.24) is 24.6 Å². The molecule has 1 unspecified atom stereocenters. The van der Waals surface area contributed by atoms with Gasteiger partial charge in [0.05, 0.1) is 5.69 Å².